The van der Waals surface area contributed by atoms with Crippen LogP contribution in [0.5, 0.6) is 17.5 Å². The van der Waals surface area contributed by atoms with Gasteiger partial charge in [0.1, 0.15) is 5.69 Å². The van der Waals surface area contributed by atoms with Crippen molar-refractivity contribution < 1.29 is 19.7 Å². The molecule has 2 aromatic rings. The number of ether oxygens (including phenoxy) is 1. The molecule has 1 aromatic carbocycles. The van der Waals surface area contributed by atoms with Crippen LogP contribution in [0.4, 0.5) is 0 Å². The highest BCUT2D eigenvalue weighted by Gasteiger charge is 2.09. The van der Waals surface area contributed by atoms with E-state index in [1.807, 2.05) is 0 Å². The summed E-state index contributed by atoms with van der Waals surface area (Å²) < 4.78 is 5.16. The molecule has 0 amide bonds. The minimum Gasteiger partial charge on any atom is -0.504 e. The number of nitrogens with zero attached hydrogens (tertiary/aromatic N) is 1. The van der Waals surface area contributed by atoms with Crippen LogP contribution >= 0.6 is 0 Å². The fourth-order valence-electron chi connectivity index (χ4n) is 1.11. The molecule has 1 aromatic heterocycles. The van der Waals surface area contributed by atoms with Gasteiger partial charge in [-0.05, 0) is 12.1 Å². The lowest BCUT2D eigenvalue weighted by Crippen LogP contribution is -1.95. The number of hydrogen-bond donors (Lipinski definition) is 3. The van der Waals surface area contributed by atoms with Crippen molar-refractivity contribution in [3.63, 3.8) is 0 Å². The topological polar surface area (TPSA) is 95.4 Å². The highest BCUT2D eigenvalue weighted by atomic mass is 16.5. The number of phenolic OH excluding ortho intramolecular Hbond substituents is 1. The molecule has 0 radical (unpaired) electrons. The first-order valence-corrected chi connectivity index (χ1v) is 4.41. The summed E-state index contributed by atoms with van der Waals surface area (Å²) in [5.41, 5.74) is -0.0783. The lowest BCUT2D eigenvalue weighted by Gasteiger charge is -2.02. The van der Waals surface area contributed by atoms with E-state index < -0.39 is 5.97 Å². The lowest BCUT2D eigenvalue weighted by molar-refractivity contribution is 0.0690. The first-order chi connectivity index (χ1) is 7.66. The van der Waals surface area contributed by atoms with Crippen LogP contribution in [-0.4, -0.2) is 26.2 Å². The number of phenols is 1. The largest absolute Gasteiger partial charge is 0.504 e. The average Bonchev–Trinajstić information content (AvgIpc) is 2.70. The van der Waals surface area contributed by atoms with Crippen molar-refractivity contribution in [1.29, 1.82) is 0 Å². The second-order valence-corrected chi connectivity index (χ2v) is 2.98. The Morgan fingerprint density at radius 3 is 2.75 bits per heavy atom. The standard InChI is InChI=1S/C10H8N2O4/c13-7-3-1-2-4-8(7)16-10-11-5-6(12-10)9(14)15/h1-5,13H,(H,11,12)(H,14,15). The Balaban J connectivity index is 2.21. The number of nitrogens with one attached hydrogen (secondary N) is 1. The predicted octanol–water partition coefficient (Wildman–Crippen LogP) is 1.61. The summed E-state index contributed by atoms with van der Waals surface area (Å²) in [5, 5.41) is 18.0. The van der Waals surface area contributed by atoms with Gasteiger partial charge in [-0.25, -0.2) is 9.78 Å². The maximum Gasteiger partial charge on any atom is 0.354 e. The van der Waals surface area contributed by atoms with Crippen molar-refractivity contribution in [2.24, 2.45) is 0 Å². The molecule has 0 aliphatic rings. The number of H-pyrrole nitrogens is 1. The van der Waals surface area contributed by atoms with Gasteiger partial charge < -0.3 is 19.9 Å². The Morgan fingerprint density at radius 1 is 1.38 bits per heavy atom. The van der Waals surface area contributed by atoms with Gasteiger partial charge in [0.2, 0.25) is 0 Å². The molecule has 16 heavy (non-hydrogen) atoms. The van der Waals surface area contributed by atoms with E-state index >= 15 is 0 Å². The van der Waals surface area contributed by atoms with Gasteiger partial charge in [0.15, 0.2) is 11.5 Å². The zero-order chi connectivity index (χ0) is 11.5. The SMILES string of the molecule is O=C(O)c1cnc(Oc2ccccc2O)[nH]1. The van der Waals surface area contributed by atoms with Crippen LogP contribution in [0.15, 0.2) is 30.5 Å². The number of imidazole rings is 1. The zero-order valence-electron chi connectivity index (χ0n) is 8.04. The number of aromatic carboxylic acids is 1. The summed E-state index contributed by atoms with van der Waals surface area (Å²) in [4.78, 5) is 16.7. The Hall–Kier alpha value is -2.50. The van der Waals surface area contributed by atoms with Crippen LogP contribution in [0.3, 0.4) is 0 Å². The van der Waals surface area contributed by atoms with Crippen molar-refractivity contribution in [3.05, 3.63) is 36.2 Å². The van der Waals surface area contributed by atoms with E-state index in [0.29, 0.717) is 0 Å². The Labute approximate surface area is 90.1 Å². The van der Waals surface area contributed by atoms with Crippen LogP contribution < -0.4 is 4.74 Å². The molecule has 1 heterocycles. The molecule has 2 rings (SSSR count). The van der Waals surface area contributed by atoms with Crippen LogP contribution in [0.2, 0.25) is 0 Å². The van der Waals surface area contributed by atoms with E-state index in [0.717, 1.165) is 6.20 Å². The van der Waals surface area contributed by atoms with Crippen molar-refractivity contribution in [2.75, 3.05) is 0 Å². The van der Waals surface area contributed by atoms with E-state index in [-0.39, 0.29) is 23.2 Å². The third-order valence-electron chi connectivity index (χ3n) is 1.85. The second-order valence-electron chi connectivity index (χ2n) is 2.98. The van der Waals surface area contributed by atoms with Crippen molar-refractivity contribution in [2.45, 2.75) is 0 Å². The molecule has 82 valence electrons. The molecule has 0 bridgehead atoms. The molecule has 6 heteroatoms. The number of para-hydroxylation sites is 2. The summed E-state index contributed by atoms with van der Waals surface area (Å²) in [6, 6.07) is 6.33. The fraction of sp³-hybridized carbons (Fsp3) is 0. The Bertz CT molecular complexity index is 521. The summed E-state index contributed by atoms with van der Waals surface area (Å²) in [6.07, 6.45) is 1.14. The smallest absolute Gasteiger partial charge is 0.354 e. The summed E-state index contributed by atoms with van der Waals surface area (Å²) >= 11 is 0. The quantitative estimate of drug-likeness (QED) is 0.730. The molecule has 0 saturated carbocycles. The van der Waals surface area contributed by atoms with E-state index in [4.69, 9.17) is 9.84 Å². The first-order valence-electron chi connectivity index (χ1n) is 4.41. The highest BCUT2D eigenvalue weighted by molar-refractivity contribution is 5.85. The van der Waals surface area contributed by atoms with E-state index in [9.17, 15) is 9.90 Å². The van der Waals surface area contributed by atoms with Gasteiger partial charge in [-0.3, -0.25) is 0 Å². The maximum absolute atomic E-state index is 10.6. The van der Waals surface area contributed by atoms with Gasteiger partial charge in [0, 0.05) is 0 Å². The number of carboxylic acids is 1. The normalized spacial score (nSPS) is 10.0. The van der Waals surface area contributed by atoms with Gasteiger partial charge in [-0.1, -0.05) is 12.1 Å². The zero-order valence-corrected chi connectivity index (χ0v) is 8.04. The molecule has 3 N–H and O–H groups in total. The lowest BCUT2D eigenvalue weighted by atomic mass is 10.3. The summed E-state index contributed by atoms with van der Waals surface area (Å²) in [7, 11) is 0. The Kier molecular flexibility index (Phi) is 2.47. The van der Waals surface area contributed by atoms with Gasteiger partial charge in [0.05, 0.1) is 6.20 Å². The van der Waals surface area contributed by atoms with Gasteiger partial charge in [0.25, 0.3) is 6.01 Å². The minimum absolute atomic E-state index is 0.0129. The van der Waals surface area contributed by atoms with Gasteiger partial charge >= 0.3 is 5.97 Å². The van der Waals surface area contributed by atoms with E-state index in [1.54, 1.807) is 12.1 Å². The average molecular weight is 220 g/mol. The van der Waals surface area contributed by atoms with Crippen molar-refractivity contribution in [1.82, 2.24) is 9.97 Å². The van der Waals surface area contributed by atoms with Gasteiger partial charge in [-0.15, -0.1) is 0 Å². The fourth-order valence-corrected chi connectivity index (χ4v) is 1.11. The number of rotatable bonds is 3. The maximum atomic E-state index is 10.6. The van der Waals surface area contributed by atoms with Crippen LogP contribution in [0, 0.1) is 0 Å². The Morgan fingerprint density at radius 2 is 2.12 bits per heavy atom. The molecular weight excluding hydrogens is 212 g/mol. The molecular formula is C10H8N2O4. The number of aromatic amines is 1. The molecule has 0 fully saturated rings. The summed E-state index contributed by atoms with van der Waals surface area (Å²) in [5.74, 6) is -0.968. The highest BCUT2D eigenvalue weighted by Crippen LogP contribution is 2.28. The number of benzene rings is 1. The number of carbonyl (C=O) groups is 1. The number of carboxylic acid groups (broad SMARTS) is 1. The van der Waals surface area contributed by atoms with Crippen LogP contribution in [0.25, 0.3) is 0 Å². The van der Waals surface area contributed by atoms with E-state index in [2.05, 4.69) is 9.97 Å². The molecule has 0 spiro atoms. The minimum atomic E-state index is -1.13. The van der Waals surface area contributed by atoms with E-state index in [1.165, 1.54) is 12.1 Å². The van der Waals surface area contributed by atoms with Crippen molar-refractivity contribution >= 4 is 5.97 Å². The monoisotopic (exact) mass is 220 g/mol. The molecule has 6 nitrogen and oxygen atoms in total. The predicted molar refractivity (Wildman–Crippen MR) is 53.7 cm³/mol. The first kappa shape index (κ1) is 10.0. The number of aromatic hydroxyl groups is 1. The van der Waals surface area contributed by atoms with Crippen molar-refractivity contribution in [3.8, 4) is 17.5 Å². The molecule has 0 saturated heterocycles. The molecule has 0 unspecified atom stereocenters. The number of hydrogen-bond acceptors (Lipinski definition) is 4. The van der Waals surface area contributed by atoms with Crippen LogP contribution in [0.1, 0.15) is 10.5 Å². The molecule has 0 atom stereocenters. The molecule has 0 aliphatic carbocycles. The third kappa shape index (κ3) is 1.95. The third-order valence-corrected chi connectivity index (χ3v) is 1.85. The van der Waals surface area contributed by atoms with Gasteiger partial charge in [-0.2, -0.15) is 0 Å². The number of aromatic nitrogens is 2. The molecule has 0 aliphatic heterocycles. The summed E-state index contributed by atoms with van der Waals surface area (Å²) in [6.45, 7) is 0. The van der Waals surface area contributed by atoms with Crippen LogP contribution in [-0.2, 0) is 0 Å². The second kappa shape index (κ2) is 3.93.